The molecule has 3 aromatic rings. The number of aliphatic hydroxyl groups is 1. The molecule has 1 aromatic heterocycles. The van der Waals surface area contributed by atoms with Crippen molar-refractivity contribution >= 4 is 18.7 Å². The number of aromatic amines is 1. The number of hydrogen-bond acceptors (Lipinski definition) is 7. The molecule has 1 fully saturated rings. The minimum Gasteiger partial charge on any atom is -0.405 e. The molecule has 0 spiro atoms. The van der Waals surface area contributed by atoms with Gasteiger partial charge in [0.15, 0.2) is 6.23 Å². The number of nitrogens with one attached hydrogen (secondary N) is 1. The predicted molar refractivity (Wildman–Crippen MR) is 160 cm³/mol. The summed E-state index contributed by atoms with van der Waals surface area (Å²) >= 11 is 0. The summed E-state index contributed by atoms with van der Waals surface area (Å²) < 4.78 is 26.4. The van der Waals surface area contributed by atoms with Gasteiger partial charge in [-0.2, -0.15) is 0 Å². The van der Waals surface area contributed by atoms with E-state index in [1.807, 2.05) is 50.2 Å². The first-order valence-corrected chi connectivity index (χ1v) is 15.9. The Kier molecular flexibility index (Phi) is 9.52. The van der Waals surface area contributed by atoms with Gasteiger partial charge in [0.05, 0.1) is 18.8 Å². The molecule has 0 saturated carbocycles. The lowest BCUT2D eigenvalue weighted by atomic mass is 10.1. The number of aromatic nitrogens is 2. The standard InChI is InChI=1S/C31H42N2O7Si/c1-20-18-33(30(36)32-28(20)35)29-27(39-22(3)21(2)37-7)26(34)25(40-29)19-38-41(31(4,5)6,23-14-10-8-11-15-23)24-16-12-9-13-17-24/h8-18,21-22,25-27,29,34H,19H2,1-7H3,(H,32,35,36)/t21-,22-,25-,26?,27?,29-/m1/s1. The molecule has 0 amide bonds. The van der Waals surface area contributed by atoms with Crippen LogP contribution in [0.2, 0.25) is 5.04 Å². The number of benzene rings is 2. The Hall–Kier alpha value is -2.86. The van der Waals surface area contributed by atoms with Crippen molar-refractivity contribution in [3.8, 4) is 0 Å². The summed E-state index contributed by atoms with van der Waals surface area (Å²) in [6, 6.07) is 20.4. The van der Waals surface area contributed by atoms with Crippen molar-refractivity contribution in [3.05, 3.63) is 93.3 Å². The van der Waals surface area contributed by atoms with E-state index < -0.39 is 50.2 Å². The lowest BCUT2D eigenvalue weighted by Gasteiger charge is -2.43. The van der Waals surface area contributed by atoms with Gasteiger partial charge in [-0.05, 0) is 36.2 Å². The van der Waals surface area contributed by atoms with Gasteiger partial charge in [-0.1, -0.05) is 81.4 Å². The molecule has 6 atom stereocenters. The molecule has 0 radical (unpaired) electrons. The summed E-state index contributed by atoms with van der Waals surface area (Å²) in [5.74, 6) is 0. The third-order valence-electron chi connectivity index (χ3n) is 8.02. The molecule has 10 heteroatoms. The molecule has 2 aromatic carbocycles. The molecule has 2 unspecified atom stereocenters. The van der Waals surface area contributed by atoms with Crippen molar-refractivity contribution in [3.63, 3.8) is 0 Å². The third kappa shape index (κ3) is 6.18. The molecule has 41 heavy (non-hydrogen) atoms. The molecule has 0 bridgehead atoms. The van der Waals surface area contributed by atoms with Gasteiger partial charge in [0.25, 0.3) is 13.9 Å². The van der Waals surface area contributed by atoms with Crippen LogP contribution in [0, 0.1) is 6.92 Å². The third-order valence-corrected chi connectivity index (χ3v) is 13.0. The van der Waals surface area contributed by atoms with E-state index in [9.17, 15) is 14.7 Å². The molecule has 4 rings (SSSR count). The summed E-state index contributed by atoms with van der Waals surface area (Å²) in [4.78, 5) is 27.3. The van der Waals surface area contributed by atoms with Gasteiger partial charge in [-0.25, -0.2) is 4.79 Å². The van der Waals surface area contributed by atoms with Gasteiger partial charge < -0.3 is 23.7 Å². The highest BCUT2D eigenvalue weighted by atomic mass is 28.4. The van der Waals surface area contributed by atoms with E-state index in [1.165, 1.54) is 10.8 Å². The van der Waals surface area contributed by atoms with E-state index in [4.69, 9.17) is 18.6 Å². The Balaban J connectivity index is 1.73. The van der Waals surface area contributed by atoms with Gasteiger partial charge in [-0.15, -0.1) is 0 Å². The molecule has 1 saturated heterocycles. The normalized spacial score (nSPS) is 22.9. The van der Waals surface area contributed by atoms with Crippen LogP contribution in [0.15, 0.2) is 76.4 Å². The summed E-state index contributed by atoms with van der Waals surface area (Å²) in [7, 11) is -1.34. The topological polar surface area (TPSA) is 112 Å². The quantitative estimate of drug-likeness (QED) is 0.353. The van der Waals surface area contributed by atoms with Crippen LogP contribution >= 0.6 is 0 Å². The maximum Gasteiger partial charge on any atom is 0.330 e. The zero-order chi connectivity index (χ0) is 29.9. The fraction of sp³-hybridized carbons (Fsp3) is 0.484. The number of nitrogens with zero attached hydrogens (tertiary/aromatic N) is 1. The number of methoxy groups -OCH3 is 1. The van der Waals surface area contributed by atoms with Gasteiger partial charge in [0, 0.05) is 18.9 Å². The molecule has 1 aliphatic heterocycles. The smallest absolute Gasteiger partial charge is 0.330 e. The monoisotopic (exact) mass is 582 g/mol. The Labute approximate surface area is 242 Å². The summed E-state index contributed by atoms with van der Waals surface area (Å²) in [5.41, 5.74) is -0.783. The second-order valence-electron chi connectivity index (χ2n) is 11.8. The molecular formula is C31H42N2O7Si. The number of aryl methyl sites for hydroxylation is 1. The molecular weight excluding hydrogens is 540 g/mol. The second-order valence-corrected chi connectivity index (χ2v) is 16.1. The summed E-state index contributed by atoms with van der Waals surface area (Å²) in [6.45, 7) is 11.9. The Morgan fingerprint density at radius 1 is 1.00 bits per heavy atom. The van der Waals surface area contributed by atoms with Crippen molar-refractivity contribution in [1.82, 2.24) is 9.55 Å². The highest BCUT2D eigenvalue weighted by Gasteiger charge is 2.53. The molecule has 222 valence electrons. The first-order chi connectivity index (χ1) is 19.4. The minimum absolute atomic E-state index is 0.0656. The molecule has 2 N–H and O–H groups in total. The van der Waals surface area contributed by atoms with Crippen LogP contribution in [0.25, 0.3) is 0 Å². The molecule has 9 nitrogen and oxygen atoms in total. The lowest BCUT2D eigenvalue weighted by molar-refractivity contribution is -0.130. The number of ether oxygens (including phenoxy) is 3. The van der Waals surface area contributed by atoms with E-state index in [2.05, 4.69) is 50.0 Å². The van der Waals surface area contributed by atoms with E-state index in [1.54, 1.807) is 14.0 Å². The average molecular weight is 583 g/mol. The fourth-order valence-electron chi connectivity index (χ4n) is 5.52. The van der Waals surface area contributed by atoms with Crippen molar-refractivity contribution in [2.24, 2.45) is 0 Å². The van der Waals surface area contributed by atoms with Crippen LogP contribution in [0.3, 0.4) is 0 Å². The highest BCUT2D eigenvalue weighted by molar-refractivity contribution is 6.99. The predicted octanol–water partition coefficient (Wildman–Crippen LogP) is 2.49. The van der Waals surface area contributed by atoms with Crippen LogP contribution in [-0.4, -0.2) is 67.2 Å². The summed E-state index contributed by atoms with van der Waals surface area (Å²) in [6.07, 6.45) is -3.10. The SMILES string of the molecule is CO[C@H](C)[C@@H](C)OC1C(O)[C@@H](CO[Si](c2ccccc2)(c2ccccc2)C(C)(C)C)O[C@H]1n1cc(C)c(=O)[nH]c1=O. The van der Waals surface area contributed by atoms with Crippen LogP contribution < -0.4 is 21.6 Å². The highest BCUT2D eigenvalue weighted by Crippen LogP contribution is 2.38. The molecule has 0 aliphatic carbocycles. The number of H-pyrrole nitrogens is 1. The molecule has 2 heterocycles. The zero-order valence-corrected chi connectivity index (χ0v) is 25.9. The van der Waals surface area contributed by atoms with Crippen LogP contribution in [0.1, 0.15) is 46.4 Å². The minimum atomic E-state index is -2.92. The van der Waals surface area contributed by atoms with E-state index >= 15 is 0 Å². The second kappa shape index (κ2) is 12.6. The van der Waals surface area contributed by atoms with Gasteiger partial charge in [0.1, 0.15) is 18.3 Å². The van der Waals surface area contributed by atoms with E-state index in [0.29, 0.717) is 5.56 Å². The first kappa shape index (κ1) is 31.1. The lowest BCUT2D eigenvalue weighted by Crippen LogP contribution is -2.67. The van der Waals surface area contributed by atoms with Crippen LogP contribution in [0.5, 0.6) is 0 Å². The number of hydrogen-bond donors (Lipinski definition) is 2. The summed E-state index contributed by atoms with van der Waals surface area (Å²) in [5, 5.41) is 13.5. The maximum atomic E-state index is 12.9. The Bertz CT molecular complexity index is 1360. The first-order valence-electron chi connectivity index (χ1n) is 14.0. The number of aliphatic hydroxyl groups excluding tert-OH is 1. The largest absolute Gasteiger partial charge is 0.405 e. The van der Waals surface area contributed by atoms with Crippen LogP contribution in [-0.2, 0) is 18.6 Å². The average Bonchev–Trinajstić information content (AvgIpc) is 3.25. The van der Waals surface area contributed by atoms with E-state index in [0.717, 1.165) is 10.4 Å². The van der Waals surface area contributed by atoms with E-state index in [-0.39, 0.29) is 17.7 Å². The maximum absolute atomic E-state index is 12.9. The van der Waals surface area contributed by atoms with Crippen molar-refractivity contribution in [1.29, 1.82) is 0 Å². The fourth-order valence-corrected chi connectivity index (χ4v) is 10.1. The van der Waals surface area contributed by atoms with Crippen LogP contribution in [0.4, 0.5) is 0 Å². The van der Waals surface area contributed by atoms with Gasteiger partial charge >= 0.3 is 5.69 Å². The Morgan fingerprint density at radius 3 is 2.07 bits per heavy atom. The number of rotatable bonds is 10. The molecule has 1 aliphatic rings. The van der Waals surface area contributed by atoms with Crippen molar-refractivity contribution in [2.75, 3.05) is 13.7 Å². The van der Waals surface area contributed by atoms with Gasteiger partial charge in [-0.3, -0.25) is 14.3 Å². The van der Waals surface area contributed by atoms with Gasteiger partial charge in [0.2, 0.25) is 0 Å². The van der Waals surface area contributed by atoms with Crippen molar-refractivity contribution in [2.45, 2.75) is 83.3 Å². The Morgan fingerprint density at radius 2 is 1.56 bits per heavy atom. The zero-order valence-electron chi connectivity index (χ0n) is 24.9. The van der Waals surface area contributed by atoms with Crippen molar-refractivity contribution < 1.29 is 23.7 Å².